The first-order valence-electron chi connectivity index (χ1n) is 4.39. The molecule has 2 N–H and O–H groups in total. The Labute approximate surface area is 94.1 Å². The summed E-state index contributed by atoms with van der Waals surface area (Å²) in [6.45, 7) is 0. The molecular formula is C8H6N6O3. The van der Waals surface area contributed by atoms with Gasteiger partial charge in [-0.2, -0.15) is 0 Å². The maximum atomic E-state index is 11.7. The van der Waals surface area contributed by atoms with Crippen LogP contribution in [0.5, 0.6) is 0 Å². The van der Waals surface area contributed by atoms with Crippen LogP contribution in [0.1, 0.15) is 21.0 Å². The zero-order chi connectivity index (χ0) is 12.3. The van der Waals surface area contributed by atoms with E-state index >= 15 is 0 Å². The second-order valence-corrected chi connectivity index (χ2v) is 2.87. The van der Waals surface area contributed by atoms with Gasteiger partial charge in [0.15, 0.2) is 11.4 Å². The summed E-state index contributed by atoms with van der Waals surface area (Å²) in [5.41, 5.74) is 1.62. The molecule has 17 heavy (non-hydrogen) atoms. The van der Waals surface area contributed by atoms with Crippen LogP contribution in [0, 0.1) is 0 Å². The van der Waals surface area contributed by atoms with E-state index in [0.29, 0.717) is 0 Å². The zero-order valence-corrected chi connectivity index (χ0v) is 8.31. The van der Waals surface area contributed by atoms with Crippen LogP contribution in [0.4, 0.5) is 0 Å². The van der Waals surface area contributed by atoms with E-state index in [4.69, 9.17) is 5.11 Å². The fourth-order valence-electron chi connectivity index (χ4n) is 1.09. The van der Waals surface area contributed by atoms with E-state index < -0.39 is 17.6 Å². The molecule has 0 spiro atoms. The van der Waals surface area contributed by atoms with Gasteiger partial charge in [0, 0.05) is 12.4 Å². The Kier molecular flexibility index (Phi) is 2.73. The van der Waals surface area contributed by atoms with Crippen LogP contribution < -0.4 is 5.43 Å². The monoisotopic (exact) mass is 234 g/mol. The van der Waals surface area contributed by atoms with Gasteiger partial charge in [-0.05, 0) is 0 Å². The van der Waals surface area contributed by atoms with E-state index in [1.807, 2.05) is 0 Å². The first-order chi connectivity index (χ1) is 8.18. The molecule has 0 aromatic carbocycles. The van der Waals surface area contributed by atoms with E-state index in [1.54, 1.807) is 0 Å². The molecule has 9 nitrogen and oxygen atoms in total. The van der Waals surface area contributed by atoms with Gasteiger partial charge in [0.05, 0.1) is 0 Å². The molecule has 0 atom stereocenters. The van der Waals surface area contributed by atoms with Gasteiger partial charge in [0.25, 0.3) is 5.91 Å². The molecule has 0 bridgehead atoms. The van der Waals surface area contributed by atoms with Gasteiger partial charge in [0.2, 0.25) is 0 Å². The molecular weight excluding hydrogens is 228 g/mol. The molecule has 2 heterocycles. The highest BCUT2D eigenvalue weighted by Crippen LogP contribution is 2.01. The molecule has 0 saturated heterocycles. The van der Waals surface area contributed by atoms with Gasteiger partial charge in [-0.1, -0.05) is 0 Å². The van der Waals surface area contributed by atoms with Crippen LogP contribution in [-0.2, 0) is 0 Å². The lowest BCUT2D eigenvalue weighted by Gasteiger charge is -2.05. The summed E-state index contributed by atoms with van der Waals surface area (Å²) in [7, 11) is 0. The van der Waals surface area contributed by atoms with Crippen LogP contribution in [0.25, 0.3) is 0 Å². The number of nitrogens with one attached hydrogen (secondary N) is 1. The molecule has 0 aliphatic rings. The van der Waals surface area contributed by atoms with Crippen molar-refractivity contribution in [3.63, 3.8) is 0 Å². The van der Waals surface area contributed by atoms with Crippen LogP contribution in [0.2, 0.25) is 0 Å². The number of aromatic carboxylic acids is 1. The number of carboxylic acid groups (broad SMARTS) is 1. The van der Waals surface area contributed by atoms with E-state index in [-0.39, 0.29) is 5.69 Å². The Morgan fingerprint density at radius 2 is 1.71 bits per heavy atom. The Bertz CT molecular complexity index is 552. The Morgan fingerprint density at radius 3 is 2.29 bits per heavy atom. The van der Waals surface area contributed by atoms with Gasteiger partial charge < -0.3 is 5.11 Å². The lowest BCUT2D eigenvalue weighted by Crippen LogP contribution is -2.25. The lowest BCUT2D eigenvalue weighted by atomic mass is 10.3. The largest absolute Gasteiger partial charge is 0.476 e. The highest BCUT2D eigenvalue weighted by molar-refractivity contribution is 6.05. The van der Waals surface area contributed by atoms with Crippen molar-refractivity contribution in [2.24, 2.45) is 0 Å². The van der Waals surface area contributed by atoms with Gasteiger partial charge in [-0.3, -0.25) is 10.2 Å². The predicted octanol–water partition coefficient (Wildman–Crippen LogP) is -0.850. The molecule has 2 rings (SSSR count). The van der Waals surface area contributed by atoms with E-state index in [9.17, 15) is 9.59 Å². The number of carbonyl (C=O) groups excluding carboxylic acids is 1. The molecule has 0 fully saturated rings. The van der Waals surface area contributed by atoms with Gasteiger partial charge in [0.1, 0.15) is 12.7 Å². The fraction of sp³-hybridized carbons (Fsp3) is 0. The van der Waals surface area contributed by atoms with Crippen molar-refractivity contribution in [1.29, 1.82) is 0 Å². The normalized spacial score (nSPS) is 9.88. The summed E-state index contributed by atoms with van der Waals surface area (Å²) in [4.78, 5) is 29.7. The summed E-state index contributed by atoms with van der Waals surface area (Å²) >= 11 is 0. The highest BCUT2D eigenvalue weighted by atomic mass is 16.4. The summed E-state index contributed by atoms with van der Waals surface area (Å²) in [5.74, 6) is -2.04. The van der Waals surface area contributed by atoms with Crippen molar-refractivity contribution in [2.75, 3.05) is 5.43 Å². The second kappa shape index (κ2) is 4.35. The summed E-state index contributed by atoms with van der Waals surface area (Å²) < 4.78 is 1.17. The SMILES string of the molecule is O=C(O)c1nccnc1C(=O)Nn1cnnc1. The first-order valence-corrected chi connectivity index (χ1v) is 4.39. The third kappa shape index (κ3) is 2.22. The molecule has 86 valence electrons. The number of nitrogens with zero attached hydrogens (tertiary/aromatic N) is 5. The third-order valence-corrected chi connectivity index (χ3v) is 1.77. The number of aromatic nitrogens is 5. The summed E-state index contributed by atoms with van der Waals surface area (Å²) in [6, 6.07) is 0. The van der Waals surface area contributed by atoms with Crippen molar-refractivity contribution in [1.82, 2.24) is 24.8 Å². The Balaban J connectivity index is 2.28. The minimum atomic E-state index is -1.33. The number of hydrogen-bond acceptors (Lipinski definition) is 6. The minimum absolute atomic E-state index is 0.284. The van der Waals surface area contributed by atoms with Crippen LogP contribution >= 0.6 is 0 Å². The highest BCUT2D eigenvalue weighted by Gasteiger charge is 2.19. The Morgan fingerprint density at radius 1 is 1.12 bits per heavy atom. The maximum Gasteiger partial charge on any atom is 0.356 e. The fourth-order valence-corrected chi connectivity index (χ4v) is 1.09. The molecule has 0 saturated carbocycles. The van der Waals surface area contributed by atoms with Crippen molar-refractivity contribution >= 4 is 11.9 Å². The summed E-state index contributed by atoms with van der Waals surface area (Å²) in [6.07, 6.45) is 4.91. The molecule has 0 unspecified atom stereocenters. The first kappa shape index (κ1) is 10.7. The summed E-state index contributed by atoms with van der Waals surface area (Å²) in [5, 5.41) is 15.8. The third-order valence-electron chi connectivity index (χ3n) is 1.77. The molecule has 9 heteroatoms. The predicted molar refractivity (Wildman–Crippen MR) is 52.7 cm³/mol. The topological polar surface area (TPSA) is 123 Å². The smallest absolute Gasteiger partial charge is 0.356 e. The molecule has 2 aromatic rings. The molecule has 0 aliphatic heterocycles. The minimum Gasteiger partial charge on any atom is -0.476 e. The van der Waals surface area contributed by atoms with Crippen LogP contribution in [0.3, 0.4) is 0 Å². The van der Waals surface area contributed by atoms with Crippen molar-refractivity contribution < 1.29 is 14.7 Å². The molecule has 1 amide bonds. The van der Waals surface area contributed by atoms with Crippen LogP contribution in [-0.4, -0.2) is 41.8 Å². The number of rotatable bonds is 3. The molecule has 2 aromatic heterocycles. The lowest BCUT2D eigenvalue weighted by molar-refractivity contribution is 0.0684. The second-order valence-electron chi connectivity index (χ2n) is 2.87. The van der Waals surface area contributed by atoms with Crippen molar-refractivity contribution in [2.45, 2.75) is 0 Å². The average Bonchev–Trinajstić information content (AvgIpc) is 2.81. The number of hydrogen-bond donors (Lipinski definition) is 2. The van der Waals surface area contributed by atoms with Crippen LogP contribution in [0.15, 0.2) is 25.0 Å². The van der Waals surface area contributed by atoms with Gasteiger partial charge in [-0.25, -0.2) is 19.4 Å². The van der Waals surface area contributed by atoms with Gasteiger partial charge in [-0.15, -0.1) is 10.2 Å². The van der Waals surface area contributed by atoms with E-state index in [1.165, 1.54) is 29.7 Å². The zero-order valence-electron chi connectivity index (χ0n) is 8.31. The van der Waals surface area contributed by atoms with E-state index in [0.717, 1.165) is 0 Å². The van der Waals surface area contributed by atoms with Crippen molar-refractivity contribution in [3.05, 3.63) is 36.4 Å². The van der Waals surface area contributed by atoms with Crippen molar-refractivity contribution in [3.8, 4) is 0 Å². The standard InChI is InChI=1S/C8H6N6O3/c15-7(13-14-3-11-12-4-14)5-6(8(16)17)10-2-1-9-5/h1-4H,(H,13,15)(H,16,17). The molecule has 0 aliphatic carbocycles. The number of carbonyl (C=O) groups is 2. The van der Waals surface area contributed by atoms with Gasteiger partial charge >= 0.3 is 5.97 Å². The number of amides is 1. The number of carboxylic acids is 1. The quantitative estimate of drug-likeness (QED) is 0.708. The van der Waals surface area contributed by atoms with E-state index in [2.05, 4.69) is 25.6 Å². The Hall–Kier alpha value is -2.84. The average molecular weight is 234 g/mol. The molecule has 0 radical (unpaired) electrons. The maximum absolute atomic E-state index is 11.7.